The Morgan fingerprint density at radius 1 is 1.20 bits per heavy atom. The molecule has 0 aromatic heterocycles. The molecule has 1 fully saturated rings. The van der Waals surface area contributed by atoms with Crippen molar-refractivity contribution < 1.29 is 23.5 Å². The van der Waals surface area contributed by atoms with Crippen LogP contribution < -0.4 is 10.1 Å². The average Bonchev–Trinajstić information content (AvgIpc) is 3.39. The van der Waals surface area contributed by atoms with E-state index in [0.29, 0.717) is 25.3 Å². The Hall–Kier alpha value is -2.93. The van der Waals surface area contributed by atoms with Crippen molar-refractivity contribution in [2.45, 2.75) is 64.7 Å². The van der Waals surface area contributed by atoms with Crippen LogP contribution in [0.2, 0.25) is 0 Å². The van der Waals surface area contributed by atoms with Gasteiger partial charge in [0.1, 0.15) is 11.6 Å². The molecule has 0 radical (unpaired) electrons. The number of hydrogen-bond donors (Lipinski definition) is 1. The molecule has 2 aliphatic rings. The van der Waals surface area contributed by atoms with Crippen molar-refractivity contribution in [2.75, 3.05) is 19.7 Å². The minimum absolute atomic E-state index is 0.0521. The maximum Gasteiger partial charge on any atom is 0.261 e. The van der Waals surface area contributed by atoms with Crippen molar-refractivity contribution in [3.63, 3.8) is 0 Å². The topological polar surface area (TPSA) is 67.9 Å². The van der Waals surface area contributed by atoms with Gasteiger partial charge in [-0.25, -0.2) is 4.39 Å². The molecule has 6 nitrogen and oxygen atoms in total. The molecule has 1 saturated heterocycles. The number of fused-ring (bicyclic) bond motifs is 1. The molecule has 4 rings (SSSR count). The quantitative estimate of drug-likeness (QED) is 0.605. The van der Waals surface area contributed by atoms with Gasteiger partial charge in [0.25, 0.3) is 5.91 Å². The highest BCUT2D eigenvalue weighted by atomic mass is 19.1. The Morgan fingerprint density at radius 3 is 2.63 bits per heavy atom. The zero-order valence-electron chi connectivity index (χ0n) is 20.8. The number of hydrogen-bond acceptors (Lipinski definition) is 4. The van der Waals surface area contributed by atoms with E-state index in [1.54, 1.807) is 12.1 Å². The van der Waals surface area contributed by atoms with Gasteiger partial charge in [0.2, 0.25) is 5.91 Å². The molecule has 188 valence electrons. The largest absolute Gasteiger partial charge is 0.481 e. The highest BCUT2D eigenvalue weighted by Crippen LogP contribution is 2.38. The summed E-state index contributed by atoms with van der Waals surface area (Å²) in [7, 11) is 0. The minimum Gasteiger partial charge on any atom is -0.481 e. The molecule has 35 heavy (non-hydrogen) atoms. The summed E-state index contributed by atoms with van der Waals surface area (Å²) in [5, 5.41) is 2.96. The smallest absolute Gasteiger partial charge is 0.261 e. The van der Waals surface area contributed by atoms with Crippen LogP contribution in [0.3, 0.4) is 0 Å². The van der Waals surface area contributed by atoms with Gasteiger partial charge in [0.15, 0.2) is 6.10 Å². The summed E-state index contributed by atoms with van der Waals surface area (Å²) in [6.45, 7) is 7.52. The van der Waals surface area contributed by atoms with Gasteiger partial charge in [-0.05, 0) is 66.6 Å². The Balaban J connectivity index is 1.58. The zero-order valence-corrected chi connectivity index (χ0v) is 20.8. The van der Waals surface area contributed by atoms with E-state index in [2.05, 4.69) is 5.32 Å². The van der Waals surface area contributed by atoms with Crippen LogP contribution in [0.15, 0.2) is 42.5 Å². The van der Waals surface area contributed by atoms with Gasteiger partial charge in [0, 0.05) is 25.6 Å². The van der Waals surface area contributed by atoms with E-state index in [-0.39, 0.29) is 35.7 Å². The van der Waals surface area contributed by atoms with Gasteiger partial charge < -0.3 is 19.7 Å². The van der Waals surface area contributed by atoms with Gasteiger partial charge in [-0.3, -0.25) is 9.59 Å². The summed E-state index contributed by atoms with van der Waals surface area (Å²) in [4.78, 5) is 27.7. The molecular weight excluding hydrogens is 447 g/mol. The first kappa shape index (κ1) is 25.2. The molecule has 2 aromatic carbocycles. The zero-order chi connectivity index (χ0) is 24.9. The number of benzene rings is 2. The lowest BCUT2D eigenvalue weighted by atomic mass is 9.87. The summed E-state index contributed by atoms with van der Waals surface area (Å²) in [5.74, 6) is -0.00293. The number of halogens is 1. The third-order valence-corrected chi connectivity index (χ3v) is 6.78. The predicted molar refractivity (Wildman–Crippen MR) is 132 cm³/mol. The summed E-state index contributed by atoms with van der Waals surface area (Å²) in [5.41, 5.74) is 2.92. The molecule has 2 heterocycles. The normalized spacial score (nSPS) is 20.4. The molecule has 1 N–H and O–H groups in total. The third-order valence-electron chi connectivity index (χ3n) is 6.78. The second kappa shape index (κ2) is 11.2. The van der Waals surface area contributed by atoms with E-state index >= 15 is 0 Å². The first-order chi connectivity index (χ1) is 16.9. The van der Waals surface area contributed by atoms with E-state index in [4.69, 9.17) is 9.47 Å². The summed E-state index contributed by atoms with van der Waals surface area (Å²) >= 11 is 0. The second-order valence-corrected chi connectivity index (χ2v) is 9.65. The first-order valence-electron chi connectivity index (χ1n) is 12.6. The third kappa shape index (κ3) is 5.84. The molecule has 3 unspecified atom stereocenters. The molecule has 0 aliphatic carbocycles. The van der Waals surface area contributed by atoms with Crippen molar-refractivity contribution in [3.8, 4) is 5.75 Å². The highest BCUT2D eigenvalue weighted by molar-refractivity contribution is 5.81. The lowest BCUT2D eigenvalue weighted by Gasteiger charge is -2.39. The Labute approximate surface area is 206 Å². The number of rotatable bonds is 8. The fraction of sp³-hybridized carbons (Fsp3) is 0.500. The summed E-state index contributed by atoms with van der Waals surface area (Å²) in [6, 6.07) is 11.8. The van der Waals surface area contributed by atoms with E-state index in [9.17, 15) is 14.0 Å². The molecule has 7 heteroatoms. The number of ether oxygens (including phenoxy) is 2. The minimum atomic E-state index is -0.629. The lowest BCUT2D eigenvalue weighted by Crippen LogP contribution is -2.43. The lowest BCUT2D eigenvalue weighted by molar-refractivity contribution is -0.136. The van der Waals surface area contributed by atoms with Crippen molar-refractivity contribution >= 4 is 11.8 Å². The summed E-state index contributed by atoms with van der Waals surface area (Å²) in [6.07, 6.45) is 2.67. The van der Waals surface area contributed by atoms with E-state index in [1.807, 2.05) is 43.9 Å². The van der Waals surface area contributed by atoms with E-state index < -0.39 is 6.10 Å². The monoisotopic (exact) mass is 482 g/mol. The molecule has 2 aromatic rings. The number of carbonyl (C=O) groups excluding carboxylic acids is 2. The standard InChI is InChI=1S/C28H35FN2O4/c1-4-25(27(32)30-17-23-6-5-15-34-23)35-22-12-9-19-13-14-31(28(33)18(2)3)26(24(19)16-22)20-7-10-21(29)11-8-20/h7-12,16,18,23,25-26H,4-6,13-15,17H2,1-3H3,(H,30,32). The van der Waals surface area contributed by atoms with Gasteiger partial charge >= 0.3 is 0 Å². The number of amides is 2. The second-order valence-electron chi connectivity index (χ2n) is 9.65. The fourth-order valence-corrected chi connectivity index (χ4v) is 4.86. The van der Waals surface area contributed by atoms with Crippen LogP contribution in [0.5, 0.6) is 5.75 Å². The number of nitrogens with zero attached hydrogens (tertiary/aromatic N) is 1. The highest BCUT2D eigenvalue weighted by Gasteiger charge is 2.33. The van der Waals surface area contributed by atoms with Crippen molar-refractivity contribution in [3.05, 3.63) is 65.0 Å². The van der Waals surface area contributed by atoms with Crippen LogP contribution in [0.4, 0.5) is 4.39 Å². The first-order valence-corrected chi connectivity index (χ1v) is 12.6. The fourth-order valence-electron chi connectivity index (χ4n) is 4.86. The van der Waals surface area contributed by atoms with E-state index in [1.165, 1.54) is 12.1 Å². The molecule has 2 aliphatic heterocycles. The Morgan fingerprint density at radius 2 is 1.97 bits per heavy atom. The Bertz CT molecular complexity index is 1030. The van der Waals surface area contributed by atoms with Crippen LogP contribution in [0.1, 0.15) is 62.8 Å². The van der Waals surface area contributed by atoms with Gasteiger partial charge in [-0.1, -0.05) is 39.0 Å². The van der Waals surface area contributed by atoms with Crippen LogP contribution in [0, 0.1) is 11.7 Å². The predicted octanol–water partition coefficient (Wildman–Crippen LogP) is 4.41. The van der Waals surface area contributed by atoms with Crippen molar-refractivity contribution in [1.29, 1.82) is 0 Å². The molecule has 0 bridgehead atoms. The van der Waals surface area contributed by atoms with Gasteiger partial charge in [0.05, 0.1) is 12.1 Å². The number of nitrogens with one attached hydrogen (secondary N) is 1. The molecule has 0 spiro atoms. The molecule has 0 saturated carbocycles. The van der Waals surface area contributed by atoms with E-state index in [0.717, 1.165) is 42.6 Å². The SMILES string of the molecule is CCC(Oc1ccc2c(c1)C(c1ccc(F)cc1)N(C(=O)C(C)C)CC2)C(=O)NCC1CCCO1. The maximum atomic E-state index is 13.7. The van der Waals surface area contributed by atoms with Crippen LogP contribution in [-0.2, 0) is 20.7 Å². The van der Waals surface area contributed by atoms with Crippen LogP contribution in [-0.4, -0.2) is 48.6 Å². The van der Waals surface area contributed by atoms with Gasteiger partial charge in [-0.2, -0.15) is 0 Å². The Kier molecular flexibility index (Phi) is 8.06. The molecule has 3 atom stereocenters. The van der Waals surface area contributed by atoms with Crippen LogP contribution in [0.25, 0.3) is 0 Å². The maximum absolute atomic E-state index is 13.7. The molecule has 2 amide bonds. The van der Waals surface area contributed by atoms with Gasteiger partial charge in [-0.15, -0.1) is 0 Å². The van der Waals surface area contributed by atoms with Crippen molar-refractivity contribution in [2.24, 2.45) is 5.92 Å². The molecular formula is C28H35FN2O4. The van der Waals surface area contributed by atoms with Crippen molar-refractivity contribution in [1.82, 2.24) is 10.2 Å². The summed E-state index contributed by atoms with van der Waals surface area (Å²) < 4.78 is 25.4. The number of carbonyl (C=O) groups is 2. The average molecular weight is 483 g/mol. The van der Waals surface area contributed by atoms with Crippen LogP contribution >= 0.6 is 0 Å².